The van der Waals surface area contributed by atoms with Crippen molar-refractivity contribution in [1.29, 1.82) is 0 Å². The van der Waals surface area contributed by atoms with Gasteiger partial charge in [-0.3, -0.25) is 0 Å². The Morgan fingerprint density at radius 2 is 2.06 bits per heavy atom. The van der Waals surface area contributed by atoms with E-state index < -0.39 is 0 Å². The van der Waals surface area contributed by atoms with Crippen LogP contribution in [0.3, 0.4) is 0 Å². The quantitative estimate of drug-likeness (QED) is 0.839. The minimum Gasteiger partial charge on any atom is -0.337 e. The molecule has 0 amide bonds. The van der Waals surface area contributed by atoms with Crippen LogP contribution in [0, 0.1) is 0 Å². The summed E-state index contributed by atoms with van der Waals surface area (Å²) in [4.78, 5) is 5.56. The van der Waals surface area contributed by atoms with Crippen LogP contribution >= 0.6 is 11.8 Å². The number of aromatic nitrogens is 2. The van der Waals surface area contributed by atoms with E-state index in [1.54, 1.807) is 11.8 Å². The minimum atomic E-state index is -0.165. The van der Waals surface area contributed by atoms with Crippen molar-refractivity contribution in [1.82, 2.24) is 10.1 Å². The van der Waals surface area contributed by atoms with Gasteiger partial charge in [-0.2, -0.15) is 4.98 Å². The Bertz CT molecular complexity index is 495. The Morgan fingerprint density at radius 1 is 1.33 bits per heavy atom. The summed E-state index contributed by atoms with van der Waals surface area (Å²) in [6.45, 7) is 2.08. The Kier molecular flexibility index (Phi) is 4.38. The molecule has 2 aromatic rings. The highest BCUT2D eigenvalue weighted by atomic mass is 32.2. The van der Waals surface area contributed by atoms with Gasteiger partial charge in [-0.25, -0.2) is 0 Å². The molecule has 0 aliphatic heterocycles. The molecule has 4 nitrogen and oxygen atoms in total. The van der Waals surface area contributed by atoms with Crippen LogP contribution in [0.2, 0.25) is 0 Å². The Hall–Kier alpha value is -1.33. The molecule has 2 rings (SSSR count). The van der Waals surface area contributed by atoms with Gasteiger partial charge in [-0.05, 0) is 36.9 Å². The highest BCUT2D eigenvalue weighted by Gasteiger charge is 2.14. The van der Waals surface area contributed by atoms with Crippen LogP contribution < -0.4 is 5.73 Å². The SMILES string of the molecule is CCC[C@H](N)c1nc(-c2ccc(SC)cc2)no1. The molecule has 0 bridgehead atoms. The van der Waals surface area contributed by atoms with Crippen LogP contribution in [0.4, 0.5) is 0 Å². The van der Waals surface area contributed by atoms with Gasteiger partial charge in [0.2, 0.25) is 11.7 Å². The molecule has 0 unspecified atom stereocenters. The van der Waals surface area contributed by atoms with Crippen LogP contribution in [0.15, 0.2) is 33.7 Å². The number of rotatable bonds is 5. The number of benzene rings is 1. The van der Waals surface area contributed by atoms with Gasteiger partial charge in [0.05, 0.1) is 6.04 Å². The third-order valence-electron chi connectivity index (χ3n) is 2.71. The molecule has 5 heteroatoms. The highest BCUT2D eigenvalue weighted by Crippen LogP contribution is 2.22. The number of hydrogen-bond donors (Lipinski definition) is 1. The highest BCUT2D eigenvalue weighted by molar-refractivity contribution is 7.98. The van der Waals surface area contributed by atoms with Crippen molar-refractivity contribution in [3.63, 3.8) is 0 Å². The molecular formula is C13H17N3OS. The van der Waals surface area contributed by atoms with E-state index in [-0.39, 0.29) is 6.04 Å². The second-order valence-corrected chi connectivity index (χ2v) is 4.96. The van der Waals surface area contributed by atoms with Gasteiger partial charge in [-0.1, -0.05) is 18.5 Å². The normalized spacial score (nSPS) is 12.6. The monoisotopic (exact) mass is 263 g/mol. The first kappa shape index (κ1) is 13.1. The molecule has 1 atom stereocenters. The number of nitrogens with two attached hydrogens (primary N) is 1. The zero-order chi connectivity index (χ0) is 13.0. The van der Waals surface area contributed by atoms with Crippen molar-refractivity contribution in [3.05, 3.63) is 30.2 Å². The molecule has 1 aromatic heterocycles. The second-order valence-electron chi connectivity index (χ2n) is 4.08. The van der Waals surface area contributed by atoms with Crippen molar-refractivity contribution in [2.24, 2.45) is 5.73 Å². The van der Waals surface area contributed by atoms with Crippen molar-refractivity contribution < 1.29 is 4.52 Å². The summed E-state index contributed by atoms with van der Waals surface area (Å²) in [5, 5.41) is 3.97. The fourth-order valence-corrected chi connectivity index (χ4v) is 2.09. The summed E-state index contributed by atoms with van der Waals surface area (Å²) < 4.78 is 5.20. The molecule has 0 saturated heterocycles. The predicted octanol–water partition coefficient (Wildman–Crippen LogP) is 3.26. The van der Waals surface area contributed by atoms with Crippen LogP contribution in [0.25, 0.3) is 11.4 Å². The average Bonchev–Trinajstić information content (AvgIpc) is 2.89. The second kappa shape index (κ2) is 6.02. The molecule has 0 spiro atoms. The van der Waals surface area contributed by atoms with E-state index in [2.05, 4.69) is 17.1 Å². The van der Waals surface area contributed by atoms with E-state index in [4.69, 9.17) is 10.3 Å². The first-order valence-corrected chi connectivity index (χ1v) is 7.20. The van der Waals surface area contributed by atoms with E-state index in [0.717, 1.165) is 18.4 Å². The lowest BCUT2D eigenvalue weighted by Crippen LogP contribution is -2.09. The lowest BCUT2D eigenvalue weighted by Gasteiger charge is -2.02. The first-order valence-electron chi connectivity index (χ1n) is 5.98. The lowest BCUT2D eigenvalue weighted by atomic mass is 10.2. The van der Waals surface area contributed by atoms with Crippen LogP contribution in [-0.4, -0.2) is 16.4 Å². The van der Waals surface area contributed by atoms with Crippen LogP contribution in [0.5, 0.6) is 0 Å². The van der Waals surface area contributed by atoms with E-state index in [1.165, 1.54) is 4.90 Å². The molecule has 18 heavy (non-hydrogen) atoms. The van der Waals surface area contributed by atoms with Crippen LogP contribution in [-0.2, 0) is 0 Å². The summed E-state index contributed by atoms with van der Waals surface area (Å²) in [5.74, 6) is 1.12. The molecular weight excluding hydrogens is 246 g/mol. The van der Waals surface area contributed by atoms with Crippen molar-refractivity contribution in [3.8, 4) is 11.4 Å². The van der Waals surface area contributed by atoms with E-state index in [0.29, 0.717) is 11.7 Å². The Balaban J connectivity index is 2.18. The molecule has 0 saturated carbocycles. The molecule has 1 heterocycles. The maximum atomic E-state index is 5.94. The zero-order valence-corrected chi connectivity index (χ0v) is 11.4. The largest absolute Gasteiger partial charge is 0.337 e. The molecule has 0 aliphatic carbocycles. The topological polar surface area (TPSA) is 64.9 Å². The maximum Gasteiger partial charge on any atom is 0.243 e. The molecule has 0 aliphatic rings. The third kappa shape index (κ3) is 2.91. The van der Waals surface area contributed by atoms with Crippen molar-refractivity contribution in [2.75, 3.05) is 6.26 Å². The summed E-state index contributed by atoms with van der Waals surface area (Å²) in [6, 6.07) is 7.91. The van der Waals surface area contributed by atoms with Gasteiger partial charge < -0.3 is 10.3 Å². The van der Waals surface area contributed by atoms with Gasteiger partial charge in [0.25, 0.3) is 0 Å². The van der Waals surface area contributed by atoms with Gasteiger partial charge in [0.1, 0.15) is 0 Å². The maximum absolute atomic E-state index is 5.94. The van der Waals surface area contributed by atoms with E-state index >= 15 is 0 Å². The van der Waals surface area contributed by atoms with Gasteiger partial charge >= 0.3 is 0 Å². The number of nitrogens with zero attached hydrogens (tertiary/aromatic N) is 2. The van der Waals surface area contributed by atoms with E-state index in [9.17, 15) is 0 Å². The summed E-state index contributed by atoms with van der Waals surface area (Å²) in [6.07, 6.45) is 3.90. The minimum absolute atomic E-state index is 0.165. The smallest absolute Gasteiger partial charge is 0.243 e. The molecule has 96 valence electrons. The standard InChI is InChI=1S/C13H17N3OS/c1-3-4-11(14)13-15-12(16-17-13)9-5-7-10(18-2)8-6-9/h5-8,11H,3-4,14H2,1-2H3/t11-/m0/s1. The lowest BCUT2D eigenvalue weighted by molar-refractivity contribution is 0.348. The molecule has 0 fully saturated rings. The number of thioether (sulfide) groups is 1. The van der Waals surface area contributed by atoms with Crippen molar-refractivity contribution in [2.45, 2.75) is 30.7 Å². The fourth-order valence-electron chi connectivity index (χ4n) is 1.68. The van der Waals surface area contributed by atoms with Crippen LogP contribution in [0.1, 0.15) is 31.7 Å². The Morgan fingerprint density at radius 3 is 2.67 bits per heavy atom. The molecule has 1 aromatic carbocycles. The summed E-state index contributed by atoms with van der Waals surface area (Å²) >= 11 is 1.71. The third-order valence-corrected chi connectivity index (χ3v) is 3.45. The van der Waals surface area contributed by atoms with Gasteiger partial charge in [0.15, 0.2) is 0 Å². The van der Waals surface area contributed by atoms with Crippen molar-refractivity contribution >= 4 is 11.8 Å². The fraction of sp³-hybridized carbons (Fsp3) is 0.385. The zero-order valence-electron chi connectivity index (χ0n) is 10.6. The molecule has 2 N–H and O–H groups in total. The summed E-state index contributed by atoms with van der Waals surface area (Å²) in [5.41, 5.74) is 6.89. The van der Waals surface area contributed by atoms with Gasteiger partial charge in [0, 0.05) is 10.5 Å². The summed E-state index contributed by atoms with van der Waals surface area (Å²) in [7, 11) is 0. The predicted molar refractivity (Wildman–Crippen MR) is 73.4 cm³/mol. The van der Waals surface area contributed by atoms with E-state index in [1.807, 2.05) is 30.5 Å². The number of hydrogen-bond acceptors (Lipinski definition) is 5. The van der Waals surface area contributed by atoms with Gasteiger partial charge in [-0.15, -0.1) is 11.8 Å². The molecule has 0 radical (unpaired) electrons. The first-order chi connectivity index (χ1) is 8.74. The average molecular weight is 263 g/mol. The Labute approximate surface area is 111 Å².